The van der Waals surface area contributed by atoms with Crippen LogP contribution in [0.5, 0.6) is 0 Å². The number of thiazole rings is 1. The topological polar surface area (TPSA) is 155 Å². The molecule has 3 N–H and O–H groups in total. The Bertz CT molecular complexity index is 1620. The molecule has 1 amide bonds. The summed E-state index contributed by atoms with van der Waals surface area (Å²) in [6, 6.07) is 2.16. The third-order valence-corrected chi connectivity index (χ3v) is 6.61. The average Bonchev–Trinajstić information content (AvgIpc) is 3.43. The van der Waals surface area contributed by atoms with Crippen molar-refractivity contribution in [3.05, 3.63) is 61.9 Å². The van der Waals surface area contributed by atoms with Crippen molar-refractivity contribution in [1.82, 2.24) is 24.3 Å². The Hall–Kier alpha value is -4.33. The second-order valence-corrected chi connectivity index (χ2v) is 9.46. The molecule has 0 saturated carbocycles. The van der Waals surface area contributed by atoms with E-state index >= 15 is 4.39 Å². The van der Waals surface area contributed by atoms with E-state index in [4.69, 9.17) is 0 Å². The Balaban J connectivity index is 1.42. The van der Waals surface area contributed by atoms with Crippen molar-refractivity contribution in [2.75, 3.05) is 23.3 Å². The first kappa shape index (κ1) is 23.4. The highest BCUT2D eigenvalue weighted by Gasteiger charge is 2.36. The Morgan fingerprint density at radius 3 is 2.64 bits per heavy atom. The number of nitrogens with one attached hydrogen (secondary N) is 2. The number of H-pyrrole nitrogens is 1. The number of carbonyl (C=O) groups excluding carboxylic acids is 1. The van der Waals surface area contributed by atoms with Gasteiger partial charge in [-0.3, -0.25) is 24.0 Å². The molecular weight excluding hydrogens is 493 g/mol. The number of amides is 1. The lowest BCUT2D eigenvalue weighted by atomic mass is 9.99. The van der Waals surface area contributed by atoms with Crippen molar-refractivity contribution in [3.8, 4) is 5.13 Å². The number of carboxylic acids is 1. The van der Waals surface area contributed by atoms with E-state index in [0.717, 1.165) is 12.3 Å². The monoisotopic (exact) mass is 513 g/mol. The van der Waals surface area contributed by atoms with E-state index < -0.39 is 28.7 Å². The summed E-state index contributed by atoms with van der Waals surface area (Å²) in [4.78, 5) is 58.9. The van der Waals surface area contributed by atoms with Gasteiger partial charge in [0.1, 0.15) is 11.4 Å². The second kappa shape index (κ2) is 8.71. The fraction of sp³-hybridized carbons (Fsp3) is 0.273. The van der Waals surface area contributed by atoms with Crippen LogP contribution in [0.4, 0.5) is 16.0 Å². The predicted molar refractivity (Wildman–Crippen MR) is 130 cm³/mol. The maximum Gasteiger partial charge on any atom is 0.341 e. The summed E-state index contributed by atoms with van der Waals surface area (Å²) in [5.74, 6) is -2.88. The summed E-state index contributed by atoms with van der Waals surface area (Å²) in [5.41, 5.74) is -1.60. The summed E-state index contributed by atoms with van der Waals surface area (Å²) in [7, 11) is 0. The fourth-order valence-electron chi connectivity index (χ4n) is 3.98. The number of aromatic amines is 1. The summed E-state index contributed by atoms with van der Waals surface area (Å²) in [6.45, 7) is 3.97. The van der Waals surface area contributed by atoms with Gasteiger partial charge in [0.05, 0.1) is 11.3 Å². The van der Waals surface area contributed by atoms with E-state index in [1.165, 1.54) is 32.8 Å². The zero-order chi connectivity index (χ0) is 25.7. The Morgan fingerprint density at radius 1 is 1.28 bits per heavy atom. The standard InChI is InChI=1S/C22H20FN7O5S/c1-10(2)30-16(31)6-15(27-30)25-20(33)11-7-28(8-11)19-14(23)5-12-17(32)13(21(34)35)9-29(18(12)26-19)22-24-3-4-36-22/h3-6,9-11,27H,7-8H2,1-2H3,(H,25,33)(H,34,35). The quantitative estimate of drug-likeness (QED) is 0.353. The van der Waals surface area contributed by atoms with Crippen LogP contribution in [0.3, 0.4) is 0 Å². The molecule has 4 aromatic heterocycles. The van der Waals surface area contributed by atoms with Gasteiger partial charge >= 0.3 is 5.97 Å². The third-order valence-electron chi connectivity index (χ3n) is 5.84. The van der Waals surface area contributed by atoms with Crippen LogP contribution in [0, 0.1) is 11.7 Å². The first-order valence-corrected chi connectivity index (χ1v) is 11.8. The molecule has 36 heavy (non-hydrogen) atoms. The molecule has 186 valence electrons. The van der Waals surface area contributed by atoms with E-state index in [1.54, 1.807) is 10.3 Å². The van der Waals surface area contributed by atoms with E-state index in [-0.39, 0.29) is 53.3 Å². The minimum atomic E-state index is -1.45. The molecule has 1 aliphatic rings. The van der Waals surface area contributed by atoms with Crippen molar-refractivity contribution < 1.29 is 19.1 Å². The van der Waals surface area contributed by atoms with Crippen molar-refractivity contribution in [1.29, 1.82) is 0 Å². The summed E-state index contributed by atoms with van der Waals surface area (Å²) < 4.78 is 17.7. The normalized spacial score (nSPS) is 13.8. The van der Waals surface area contributed by atoms with Crippen molar-refractivity contribution >= 4 is 45.9 Å². The molecule has 0 atom stereocenters. The number of fused-ring (bicyclic) bond motifs is 1. The number of pyridine rings is 2. The van der Waals surface area contributed by atoms with Gasteiger partial charge in [0.15, 0.2) is 22.4 Å². The van der Waals surface area contributed by atoms with E-state index in [2.05, 4.69) is 20.4 Å². The molecule has 1 aliphatic heterocycles. The van der Waals surface area contributed by atoms with E-state index in [0.29, 0.717) is 5.13 Å². The summed E-state index contributed by atoms with van der Waals surface area (Å²) in [5, 5.41) is 16.8. The van der Waals surface area contributed by atoms with E-state index in [9.17, 15) is 24.3 Å². The Morgan fingerprint density at radius 2 is 2.03 bits per heavy atom. The molecule has 0 spiro atoms. The predicted octanol–water partition coefficient (Wildman–Crippen LogP) is 1.83. The van der Waals surface area contributed by atoms with Gasteiger partial charge in [0, 0.05) is 43.0 Å². The number of carbonyl (C=O) groups is 2. The molecule has 5 rings (SSSR count). The number of rotatable bonds is 6. The summed E-state index contributed by atoms with van der Waals surface area (Å²) in [6.07, 6.45) is 2.63. The van der Waals surface area contributed by atoms with Gasteiger partial charge in [0.25, 0.3) is 5.56 Å². The minimum absolute atomic E-state index is 0.0526. The van der Waals surface area contributed by atoms with Gasteiger partial charge in [-0.05, 0) is 19.9 Å². The second-order valence-electron chi connectivity index (χ2n) is 8.59. The molecule has 0 unspecified atom stereocenters. The van der Waals surface area contributed by atoms with Crippen LogP contribution in [0.15, 0.2) is 39.5 Å². The minimum Gasteiger partial charge on any atom is -0.477 e. The number of hydrogen-bond donors (Lipinski definition) is 3. The molecule has 0 radical (unpaired) electrons. The van der Waals surface area contributed by atoms with E-state index in [1.807, 2.05) is 13.8 Å². The zero-order valence-electron chi connectivity index (χ0n) is 19.1. The van der Waals surface area contributed by atoms with Crippen LogP contribution in [0.1, 0.15) is 30.2 Å². The molecular formula is C22H20FN7O5S. The smallest absolute Gasteiger partial charge is 0.341 e. The lowest BCUT2D eigenvalue weighted by Gasteiger charge is -2.39. The first-order valence-electron chi connectivity index (χ1n) is 10.9. The van der Waals surface area contributed by atoms with Crippen LogP contribution in [-0.4, -0.2) is 54.4 Å². The molecule has 5 heterocycles. The summed E-state index contributed by atoms with van der Waals surface area (Å²) >= 11 is 1.19. The van der Waals surface area contributed by atoms with Crippen LogP contribution in [-0.2, 0) is 4.79 Å². The maximum absolute atomic E-state index is 15.0. The number of nitrogens with zero attached hydrogens (tertiary/aromatic N) is 5. The fourth-order valence-corrected chi connectivity index (χ4v) is 4.60. The number of carboxylic acid groups (broad SMARTS) is 1. The lowest BCUT2D eigenvalue weighted by Crippen LogP contribution is -2.52. The van der Waals surface area contributed by atoms with Gasteiger partial charge in [-0.25, -0.2) is 23.8 Å². The highest BCUT2D eigenvalue weighted by Crippen LogP contribution is 2.29. The molecule has 0 aliphatic carbocycles. The molecule has 14 heteroatoms. The Labute approximate surface area is 205 Å². The van der Waals surface area contributed by atoms with Crippen LogP contribution in [0.25, 0.3) is 16.2 Å². The number of hydrogen-bond acceptors (Lipinski definition) is 8. The van der Waals surface area contributed by atoms with Crippen LogP contribution < -0.4 is 21.2 Å². The number of aromatic nitrogens is 5. The molecule has 1 fully saturated rings. The van der Waals surface area contributed by atoms with Crippen LogP contribution in [0.2, 0.25) is 0 Å². The van der Waals surface area contributed by atoms with Crippen molar-refractivity contribution in [2.45, 2.75) is 19.9 Å². The molecule has 4 aromatic rings. The largest absolute Gasteiger partial charge is 0.477 e. The van der Waals surface area contributed by atoms with Crippen molar-refractivity contribution in [2.24, 2.45) is 5.92 Å². The Kier molecular flexibility index (Phi) is 5.67. The molecule has 12 nitrogen and oxygen atoms in total. The van der Waals surface area contributed by atoms with Gasteiger partial charge < -0.3 is 15.3 Å². The molecule has 0 bridgehead atoms. The number of halogens is 1. The van der Waals surface area contributed by atoms with Crippen molar-refractivity contribution in [3.63, 3.8) is 0 Å². The SMILES string of the molecule is CC(C)n1[nH]c(NC(=O)C2CN(c3nc4c(cc3F)c(=O)c(C(=O)O)cn4-c3nccs3)C2)cc1=O. The molecule has 0 aromatic carbocycles. The van der Waals surface area contributed by atoms with Gasteiger partial charge in [-0.15, -0.1) is 11.3 Å². The highest BCUT2D eigenvalue weighted by atomic mass is 32.1. The average molecular weight is 514 g/mol. The first-order chi connectivity index (χ1) is 17.1. The number of anilines is 2. The lowest BCUT2D eigenvalue weighted by molar-refractivity contribution is -0.120. The zero-order valence-corrected chi connectivity index (χ0v) is 19.9. The van der Waals surface area contributed by atoms with Gasteiger partial charge in [0.2, 0.25) is 11.3 Å². The van der Waals surface area contributed by atoms with Gasteiger partial charge in [-0.1, -0.05) is 0 Å². The maximum atomic E-state index is 15.0. The van der Waals surface area contributed by atoms with Crippen LogP contribution >= 0.6 is 11.3 Å². The van der Waals surface area contributed by atoms with Gasteiger partial charge in [-0.2, -0.15) is 0 Å². The third kappa shape index (κ3) is 3.94. The highest BCUT2D eigenvalue weighted by molar-refractivity contribution is 7.12. The number of aromatic carboxylic acids is 1. The molecule has 1 saturated heterocycles.